The molecule has 0 spiro atoms. The van der Waals surface area contributed by atoms with E-state index in [0.29, 0.717) is 18.8 Å². The van der Waals surface area contributed by atoms with E-state index >= 15 is 0 Å². The molecule has 1 saturated carbocycles. The molecule has 0 unspecified atom stereocenters. The lowest BCUT2D eigenvalue weighted by atomic mass is 9.76. The Balaban J connectivity index is 2.03. The van der Waals surface area contributed by atoms with Gasteiger partial charge in [0.25, 0.3) is 0 Å². The number of nitrogens with one attached hydrogen (secondary N) is 2. The van der Waals surface area contributed by atoms with Crippen molar-refractivity contribution in [2.75, 3.05) is 20.2 Å². The molecule has 114 valence electrons. The van der Waals surface area contributed by atoms with Gasteiger partial charge in [-0.2, -0.15) is 0 Å². The van der Waals surface area contributed by atoms with Crippen LogP contribution in [0.5, 0.6) is 0 Å². The number of carbonyl (C=O) groups is 2. The summed E-state index contributed by atoms with van der Waals surface area (Å²) in [6.07, 6.45) is 5.00. The smallest absolute Gasteiger partial charge is 0.331 e. The minimum absolute atomic E-state index is 0.0199. The third-order valence-electron chi connectivity index (χ3n) is 4.78. The van der Waals surface area contributed by atoms with E-state index in [1.807, 2.05) is 0 Å². The van der Waals surface area contributed by atoms with Crippen molar-refractivity contribution in [2.45, 2.75) is 51.0 Å². The lowest BCUT2D eigenvalue weighted by molar-refractivity contribution is -0.153. The maximum Gasteiger partial charge on any atom is 0.331 e. The predicted molar refractivity (Wildman–Crippen MR) is 76.1 cm³/mol. The predicted octanol–water partition coefficient (Wildman–Crippen LogP) is 1.22. The Morgan fingerprint density at radius 1 is 1.15 bits per heavy atom. The molecule has 1 heterocycles. The number of rotatable bonds is 3. The molecule has 0 aromatic rings. The van der Waals surface area contributed by atoms with Crippen LogP contribution in [-0.4, -0.2) is 37.6 Å². The van der Waals surface area contributed by atoms with Gasteiger partial charge in [0.1, 0.15) is 5.54 Å². The summed E-state index contributed by atoms with van der Waals surface area (Å²) >= 11 is 0. The van der Waals surface area contributed by atoms with Crippen LogP contribution in [0.4, 0.5) is 0 Å². The molecule has 0 radical (unpaired) electrons. The maximum atomic E-state index is 12.4. The summed E-state index contributed by atoms with van der Waals surface area (Å²) in [6, 6.07) is 0. The summed E-state index contributed by atoms with van der Waals surface area (Å²) in [5.41, 5.74) is -0.788. The highest BCUT2D eigenvalue weighted by atomic mass is 16.5. The SMILES string of the molecule is COC(=O)C1(NC(=O)C2CCNCC2)CCC(C)CC1. The Kier molecular flexibility index (Phi) is 5.02. The van der Waals surface area contributed by atoms with E-state index in [2.05, 4.69) is 17.6 Å². The molecule has 5 heteroatoms. The van der Waals surface area contributed by atoms with Gasteiger partial charge in [0.2, 0.25) is 5.91 Å². The Hall–Kier alpha value is -1.10. The molecule has 2 rings (SSSR count). The molecule has 0 bridgehead atoms. The Labute approximate surface area is 120 Å². The molecular formula is C15H26N2O3. The summed E-state index contributed by atoms with van der Waals surface area (Å²) in [5, 5.41) is 6.28. The fourth-order valence-corrected chi connectivity index (χ4v) is 3.25. The zero-order valence-corrected chi connectivity index (χ0v) is 12.5. The van der Waals surface area contributed by atoms with Gasteiger partial charge in [-0.3, -0.25) is 4.79 Å². The molecule has 1 aliphatic carbocycles. The van der Waals surface area contributed by atoms with Crippen molar-refractivity contribution in [2.24, 2.45) is 11.8 Å². The van der Waals surface area contributed by atoms with E-state index in [9.17, 15) is 9.59 Å². The van der Waals surface area contributed by atoms with Crippen molar-refractivity contribution < 1.29 is 14.3 Å². The van der Waals surface area contributed by atoms with Gasteiger partial charge in [0, 0.05) is 5.92 Å². The molecule has 1 aliphatic heterocycles. The van der Waals surface area contributed by atoms with Gasteiger partial charge >= 0.3 is 5.97 Å². The monoisotopic (exact) mass is 282 g/mol. The standard InChI is InChI=1S/C15H26N2O3/c1-11-3-7-15(8-4-11,14(19)20-2)17-13(18)12-5-9-16-10-6-12/h11-12,16H,3-10H2,1-2H3,(H,17,18). The van der Waals surface area contributed by atoms with Crippen LogP contribution in [-0.2, 0) is 14.3 Å². The second kappa shape index (κ2) is 6.57. The summed E-state index contributed by atoms with van der Waals surface area (Å²) in [5.74, 6) is 0.374. The minimum atomic E-state index is -0.788. The molecule has 0 aromatic carbocycles. The summed E-state index contributed by atoms with van der Waals surface area (Å²) in [4.78, 5) is 24.6. The number of piperidine rings is 1. The van der Waals surface area contributed by atoms with Crippen LogP contribution >= 0.6 is 0 Å². The van der Waals surface area contributed by atoms with Crippen LogP contribution in [0.15, 0.2) is 0 Å². The van der Waals surface area contributed by atoms with Gasteiger partial charge in [-0.1, -0.05) is 6.92 Å². The molecule has 2 aliphatic rings. The van der Waals surface area contributed by atoms with Crippen LogP contribution in [0.25, 0.3) is 0 Å². The molecule has 0 aromatic heterocycles. The molecule has 0 atom stereocenters. The van der Waals surface area contributed by atoms with Crippen molar-refractivity contribution in [3.63, 3.8) is 0 Å². The largest absolute Gasteiger partial charge is 0.467 e. The van der Waals surface area contributed by atoms with E-state index < -0.39 is 5.54 Å². The quantitative estimate of drug-likeness (QED) is 0.764. The van der Waals surface area contributed by atoms with E-state index in [1.165, 1.54) is 7.11 Å². The van der Waals surface area contributed by atoms with E-state index in [1.54, 1.807) is 0 Å². The highest BCUT2D eigenvalue weighted by Crippen LogP contribution is 2.33. The minimum Gasteiger partial charge on any atom is -0.467 e. The highest BCUT2D eigenvalue weighted by Gasteiger charge is 2.44. The lowest BCUT2D eigenvalue weighted by Crippen LogP contribution is -2.58. The first-order valence-corrected chi connectivity index (χ1v) is 7.68. The number of hydrogen-bond acceptors (Lipinski definition) is 4. The normalized spacial score (nSPS) is 31.6. The van der Waals surface area contributed by atoms with Crippen molar-refractivity contribution in [1.82, 2.24) is 10.6 Å². The first-order valence-electron chi connectivity index (χ1n) is 7.68. The molecule has 2 fully saturated rings. The fraction of sp³-hybridized carbons (Fsp3) is 0.867. The number of methoxy groups -OCH3 is 1. The van der Waals surface area contributed by atoms with Crippen molar-refractivity contribution >= 4 is 11.9 Å². The number of hydrogen-bond donors (Lipinski definition) is 2. The van der Waals surface area contributed by atoms with Crippen molar-refractivity contribution in [3.05, 3.63) is 0 Å². The number of carbonyl (C=O) groups excluding carboxylic acids is 2. The van der Waals surface area contributed by atoms with Gasteiger partial charge in [-0.05, 0) is 57.5 Å². The maximum absolute atomic E-state index is 12.4. The van der Waals surface area contributed by atoms with E-state index in [0.717, 1.165) is 38.8 Å². The fourth-order valence-electron chi connectivity index (χ4n) is 3.25. The Bertz CT molecular complexity index is 356. The second-order valence-electron chi connectivity index (χ2n) is 6.27. The van der Waals surface area contributed by atoms with Crippen molar-refractivity contribution in [1.29, 1.82) is 0 Å². The van der Waals surface area contributed by atoms with Gasteiger partial charge in [0.15, 0.2) is 0 Å². The van der Waals surface area contributed by atoms with Gasteiger partial charge in [-0.15, -0.1) is 0 Å². The molecule has 1 saturated heterocycles. The van der Waals surface area contributed by atoms with Crippen LogP contribution in [0.2, 0.25) is 0 Å². The topological polar surface area (TPSA) is 67.4 Å². The molecule has 5 nitrogen and oxygen atoms in total. The average Bonchev–Trinajstić information content (AvgIpc) is 2.49. The first kappa shape index (κ1) is 15.3. The summed E-state index contributed by atoms with van der Waals surface area (Å²) < 4.78 is 4.95. The zero-order valence-electron chi connectivity index (χ0n) is 12.5. The van der Waals surface area contributed by atoms with Crippen LogP contribution in [0.3, 0.4) is 0 Å². The summed E-state index contributed by atoms with van der Waals surface area (Å²) in [7, 11) is 1.40. The highest BCUT2D eigenvalue weighted by molar-refractivity contribution is 5.89. The molecule has 2 N–H and O–H groups in total. The van der Waals surface area contributed by atoms with Gasteiger partial charge in [-0.25, -0.2) is 4.79 Å². The lowest BCUT2D eigenvalue weighted by Gasteiger charge is -2.38. The molecular weight excluding hydrogens is 256 g/mol. The Morgan fingerprint density at radius 3 is 2.30 bits per heavy atom. The molecule has 1 amide bonds. The molecule has 20 heavy (non-hydrogen) atoms. The number of ether oxygens (including phenoxy) is 1. The van der Waals surface area contributed by atoms with Crippen LogP contribution < -0.4 is 10.6 Å². The van der Waals surface area contributed by atoms with Crippen LogP contribution in [0, 0.1) is 11.8 Å². The number of amides is 1. The van der Waals surface area contributed by atoms with Gasteiger partial charge < -0.3 is 15.4 Å². The summed E-state index contributed by atoms with van der Waals surface area (Å²) in [6.45, 7) is 3.94. The third-order valence-corrected chi connectivity index (χ3v) is 4.78. The average molecular weight is 282 g/mol. The number of esters is 1. The zero-order chi connectivity index (χ0) is 14.6. The van der Waals surface area contributed by atoms with E-state index in [4.69, 9.17) is 4.74 Å². The third kappa shape index (κ3) is 3.32. The van der Waals surface area contributed by atoms with Crippen LogP contribution in [0.1, 0.15) is 45.4 Å². The second-order valence-corrected chi connectivity index (χ2v) is 6.27. The Morgan fingerprint density at radius 2 is 1.75 bits per heavy atom. The van der Waals surface area contributed by atoms with E-state index in [-0.39, 0.29) is 17.8 Å². The van der Waals surface area contributed by atoms with Gasteiger partial charge in [0.05, 0.1) is 7.11 Å². The first-order chi connectivity index (χ1) is 9.57. The van der Waals surface area contributed by atoms with Crippen molar-refractivity contribution in [3.8, 4) is 0 Å².